The quantitative estimate of drug-likeness (QED) is 0.733. The second-order valence-electron chi connectivity index (χ2n) is 7.01. The van der Waals surface area contributed by atoms with Gasteiger partial charge in [-0.2, -0.15) is 0 Å². The van der Waals surface area contributed by atoms with Gasteiger partial charge in [-0.15, -0.1) is 0 Å². The second kappa shape index (κ2) is 6.91. The Hall–Kier alpha value is -2.93. The number of nitrogens with one attached hydrogen (secondary N) is 1. The minimum absolute atomic E-state index is 0.0676. The Labute approximate surface area is 162 Å². The van der Waals surface area contributed by atoms with E-state index in [1.54, 1.807) is 25.1 Å². The lowest BCUT2D eigenvalue weighted by Gasteiger charge is -2.13. The lowest BCUT2D eigenvalue weighted by atomic mass is 10.0. The summed E-state index contributed by atoms with van der Waals surface area (Å²) in [7, 11) is -3.11. The molecule has 0 saturated carbocycles. The van der Waals surface area contributed by atoms with Crippen LogP contribution >= 0.6 is 0 Å². The van der Waals surface area contributed by atoms with Crippen LogP contribution in [0.3, 0.4) is 0 Å². The first-order chi connectivity index (χ1) is 13.4. The fraction of sp³-hybridized carbons (Fsp3) is 0.238. The molecule has 2 heterocycles. The first kappa shape index (κ1) is 18.4. The number of sulfone groups is 1. The summed E-state index contributed by atoms with van der Waals surface area (Å²) in [5, 5.41) is 3.08. The summed E-state index contributed by atoms with van der Waals surface area (Å²) in [6.45, 7) is 1.70. The van der Waals surface area contributed by atoms with Crippen LogP contribution in [0.2, 0.25) is 0 Å². The van der Waals surface area contributed by atoms with Crippen LogP contribution in [0.25, 0.3) is 22.3 Å². The van der Waals surface area contributed by atoms with Gasteiger partial charge in [0.15, 0.2) is 20.8 Å². The Bertz CT molecular complexity index is 1230. The first-order valence-electron chi connectivity index (χ1n) is 8.99. The molecule has 1 aliphatic heterocycles. The van der Waals surface area contributed by atoms with Crippen LogP contribution in [0.4, 0.5) is 0 Å². The standard InChI is InChI=1S/C21H19NO5S/c1-13-18(23)16-8-5-9-17(21(24)22-15-10-11-28(25,26)12-15)20(16)27-19(13)14-6-3-2-4-7-14/h2-9,15H,10-12H2,1H3,(H,22,24)/t15-/m1/s1. The van der Waals surface area contributed by atoms with Gasteiger partial charge in [0, 0.05) is 17.2 Å². The molecule has 1 saturated heterocycles. The van der Waals surface area contributed by atoms with Gasteiger partial charge in [-0.1, -0.05) is 36.4 Å². The van der Waals surface area contributed by atoms with Crippen LogP contribution in [-0.4, -0.2) is 31.9 Å². The molecule has 0 radical (unpaired) electrons. The Morgan fingerprint density at radius 1 is 1.11 bits per heavy atom. The third kappa shape index (κ3) is 3.33. The van der Waals surface area contributed by atoms with E-state index < -0.39 is 21.8 Å². The minimum Gasteiger partial charge on any atom is -0.455 e. The van der Waals surface area contributed by atoms with E-state index in [0.717, 1.165) is 5.56 Å². The summed E-state index contributed by atoms with van der Waals surface area (Å²) in [6.07, 6.45) is 0.386. The highest BCUT2D eigenvalue weighted by molar-refractivity contribution is 7.91. The lowest BCUT2D eigenvalue weighted by molar-refractivity contribution is 0.0942. The molecule has 1 atom stereocenters. The van der Waals surface area contributed by atoms with Crippen molar-refractivity contribution in [1.82, 2.24) is 5.32 Å². The van der Waals surface area contributed by atoms with Crippen molar-refractivity contribution >= 4 is 26.7 Å². The molecule has 1 aromatic heterocycles. The molecule has 6 nitrogen and oxygen atoms in total. The molecule has 28 heavy (non-hydrogen) atoms. The average molecular weight is 397 g/mol. The van der Waals surface area contributed by atoms with Crippen LogP contribution in [0.15, 0.2) is 57.7 Å². The van der Waals surface area contributed by atoms with E-state index in [1.165, 1.54) is 0 Å². The van der Waals surface area contributed by atoms with Gasteiger partial charge in [-0.3, -0.25) is 9.59 Å². The van der Waals surface area contributed by atoms with Crippen LogP contribution in [0.1, 0.15) is 22.3 Å². The van der Waals surface area contributed by atoms with Crippen molar-refractivity contribution in [2.45, 2.75) is 19.4 Å². The lowest BCUT2D eigenvalue weighted by Crippen LogP contribution is -2.35. The maximum absolute atomic E-state index is 12.9. The number of rotatable bonds is 3. The molecule has 0 spiro atoms. The highest BCUT2D eigenvalue weighted by Crippen LogP contribution is 2.27. The average Bonchev–Trinajstić information content (AvgIpc) is 3.03. The number of amides is 1. The molecule has 3 aromatic rings. The van der Waals surface area contributed by atoms with E-state index in [4.69, 9.17) is 4.42 Å². The molecule has 7 heteroatoms. The summed E-state index contributed by atoms with van der Waals surface area (Å²) >= 11 is 0. The molecule has 2 aromatic carbocycles. The number of hydrogen-bond acceptors (Lipinski definition) is 5. The van der Waals surface area contributed by atoms with E-state index >= 15 is 0 Å². The van der Waals surface area contributed by atoms with Gasteiger partial charge in [0.05, 0.1) is 22.5 Å². The monoisotopic (exact) mass is 397 g/mol. The Morgan fingerprint density at radius 2 is 1.86 bits per heavy atom. The van der Waals surface area contributed by atoms with Gasteiger partial charge in [-0.05, 0) is 25.5 Å². The first-order valence-corrected chi connectivity index (χ1v) is 10.8. The third-order valence-electron chi connectivity index (χ3n) is 4.99. The van der Waals surface area contributed by atoms with Crippen LogP contribution in [-0.2, 0) is 9.84 Å². The van der Waals surface area contributed by atoms with Gasteiger partial charge in [0.1, 0.15) is 5.76 Å². The molecule has 144 valence electrons. The van der Waals surface area contributed by atoms with E-state index in [-0.39, 0.29) is 28.1 Å². The highest BCUT2D eigenvalue weighted by atomic mass is 32.2. The van der Waals surface area contributed by atoms with Crippen LogP contribution in [0, 0.1) is 6.92 Å². The van der Waals surface area contributed by atoms with Gasteiger partial charge in [-0.25, -0.2) is 8.42 Å². The number of hydrogen-bond donors (Lipinski definition) is 1. The van der Waals surface area contributed by atoms with E-state index in [2.05, 4.69) is 5.32 Å². The normalized spacial score (nSPS) is 18.2. The number of para-hydroxylation sites is 1. The number of fused-ring (bicyclic) bond motifs is 1. The molecule has 0 aliphatic carbocycles. The molecule has 1 fully saturated rings. The van der Waals surface area contributed by atoms with Crippen molar-refractivity contribution in [1.29, 1.82) is 0 Å². The van der Waals surface area contributed by atoms with E-state index in [0.29, 0.717) is 23.1 Å². The summed E-state index contributed by atoms with van der Waals surface area (Å²) in [4.78, 5) is 25.7. The topological polar surface area (TPSA) is 93.4 Å². The van der Waals surface area contributed by atoms with Crippen LogP contribution in [0.5, 0.6) is 0 Å². The fourth-order valence-corrected chi connectivity index (χ4v) is 5.20. The SMILES string of the molecule is Cc1c(-c2ccccc2)oc2c(C(=O)N[C@@H]3CCS(=O)(=O)C3)cccc2c1=O. The summed E-state index contributed by atoms with van der Waals surface area (Å²) < 4.78 is 29.3. The number of carbonyl (C=O) groups is 1. The van der Waals surface area contributed by atoms with Crippen molar-refractivity contribution in [2.24, 2.45) is 0 Å². The third-order valence-corrected chi connectivity index (χ3v) is 6.76. The molecule has 0 bridgehead atoms. The van der Waals surface area contributed by atoms with Crippen molar-refractivity contribution in [3.05, 3.63) is 69.9 Å². The summed E-state index contributed by atoms with van der Waals surface area (Å²) in [5.41, 5.74) is 1.44. The zero-order valence-electron chi connectivity index (χ0n) is 15.3. The second-order valence-corrected chi connectivity index (χ2v) is 9.24. The molecule has 4 rings (SSSR count). The van der Waals surface area contributed by atoms with Gasteiger partial charge >= 0.3 is 0 Å². The Kier molecular flexibility index (Phi) is 4.55. The zero-order chi connectivity index (χ0) is 19.9. The maximum atomic E-state index is 12.9. The number of benzene rings is 2. The summed E-state index contributed by atoms with van der Waals surface area (Å²) in [6, 6.07) is 13.6. The molecule has 1 N–H and O–H groups in total. The predicted octanol–water partition coefficient (Wildman–Crippen LogP) is 2.69. The van der Waals surface area contributed by atoms with Gasteiger partial charge in [0.25, 0.3) is 5.91 Å². The maximum Gasteiger partial charge on any atom is 0.255 e. The zero-order valence-corrected chi connectivity index (χ0v) is 16.1. The molecule has 0 unspecified atom stereocenters. The fourth-order valence-electron chi connectivity index (χ4n) is 3.53. The van der Waals surface area contributed by atoms with Crippen molar-refractivity contribution in [3.8, 4) is 11.3 Å². The predicted molar refractivity (Wildman–Crippen MR) is 107 cm³/mol. The van der Waals surface area contributed by atoms with Crippen molar-refractivity contribution in [3.63, 3.8) is 0 Å². The molecule has 1 aliphatic rings. The van der Waals surface area contributed by atoms with Crippen LogP contribution < -0.4 is 10.7 Å². The van der Waals surface area contributed by atoms with E-state index in [1.807, 2.05) is 30.3 Å². The number of carbonyl (C=O) groups excluding carboxylic acids is 1. The van der Waals surface area contributed by atoms with Gasteiger partial charge in [0.2, 0.25) is 0 Å². The Balaban J connectivity index is 1.80. The smallest absolute Gasteiger partial charge is 0.255 e. The van der Waals surface area contributed by atoms with Gasteiger partial charge < -0.3 is 9.73 Å². The minimum atomic E-state index is -3.11. The molecular weight excluding hydrogens is 378 g/mol. The largest absolute Gasteiger partial charge is 0.455 e. The van der Waals surface area contributed by atoms with Crippen molar-refractivity contribution < 1.29 is 17.6 Å². The Morgan fingerprint density at radius 3 is 2.54 bits per heavy atom. The summed E-state index contributed by atoms with van der Waals surface area (Å²) in [5.74, 6) is -0.0256. The highest BCUT2D eigenvalue weighted by Gasteiger charge is 2.30. The molecule has 1 amide bonds. The molecular formula is C21H19NO5S. The van der Waals surface area contributed by atoms with E-state index in [9.17, 15) is 18.0 Å². The van der Waals surface area contributed by atoms with Crippen molar-refractivity contribution in [2.75, 3.05) is 11.5 Å².